The third-order valence-electron chi connectivity index (χ3n) is 4.88. The van der Waals surface area contributed by atoms with E-state index in [0.29, 0.717) is 18.7 Å². The molecule has 0 spiro atoms. The Morgan fingerprint density at radius 3 is 2.45 bits per heavy atom. The van der Waals surface area contributed by atoms with E-state index in [1.54, 1.807) is 20.8 Å². The Kier molecular flexibility index (Phi) is 9.25. The summed E-state index contributed by atoms with van der Waals surface area (Å²) in [5, 5.41) is 66.1. The zero-order valence-electron chi connectivity index (χ0n) is 18.5. The predicted octanol–water partition coefficient (Wildman–Crippen LogP) is -2.61. The van der Waals surface area contributed by atoms with Crippen LogP contribution in [0.15, 0.2) is 6.20 Å². The summed E-state index contributed by atoms with van der Waals surface area (Å²) in [6.45, 7) is 5.62. The standard InChI is InChI=1S/C19H31N3O11/c1-19(2,3)18(30)31-6-4-5-22-7-9(20-21-22)8-32-17-14(27)10(23)11(24)15(33-17)12(25)13(26)16(28)29/h7,10-15,17,23-27H,4-6,8H2,1-3H3,(H,28,29)/t10-,11-,12+,13+,14-,15-,17-/m0/s1. The van der Waals surface area contributed by atoms with Gasteiger partial charge in [-0.2, -0.15) is 0 Å². The number of aromatic nitrogens is 3. The molecule has 1 aromatic heterocycles. The molecule has 0 aliphatic carbocycles. The maximum Gasteiger partial charge on any atom is 0.335 e. The molecule has 0 amide bonds. The number of carbonyl (C=O) groups excluding carboxylic acids is 1. The van der Waals surface area contributed by atoms with Gasteiger partial charge in [-0.3, -0.25) is 9.48 Å². The molecule has 1 fully saturated rings. The van der Waals surface area contributed by atoms with Crippen molar-refractivity contribution in [1.82, 2.24) is 15.0 Å². The van der Waals surface area contributed by atoms with Crippen molar-refractivity contribution in [3.63, 3.8) is 0 Å². The van der Waals surface area contributed by atoms with Crippen LogP contribution in [-0.2, 0) is 37.0 Å². The quantitative estimate of drug-likeness (QED) is 0.151. The van der Waals surface area contributed by atoms with E-state index >= 15 is 0 Å². The van der Waals surface area contributed by atoms with Gasteiger partial charge in [-0.15, -0.1) is 5.10 Å². The topological polar surface area (TPSA) is 214 Å². The van der Waals surface area contributed by atoms with Crippen molar-refractivity contribution >= 4 is 11.9 Å². The van der Waals surface area contributed by atoms with Gasteiger partial charge in [-0.1, -0.05) is 5.21 Å². The second kappa shape index (κ2) is 11.3. The van der Waals surface area contributed by atoms with Crippen LogP contribution in [0.5, 0.6) is 0 Å². The lowest BCUT2D eigenvalue weighted by Gasteiger charge is -2.42. The number of aliphatic hydroxyl groups excluding tert-OH is 5. The first kappa shape index (κ1) is 27.0. The van der Waals surface area contributed by atoms with E-state index in [0.717, 1.165) is 0 Å². The monoisotopic (exact) mass is 477 g/mol. The van der Waals surface area contributed by atoms with Gasteiger partial charge in [-0.05, 0) is 20.8 Å². The van der Waals surface area contributed by atoms with E-state index < -0.39 is 54.3 Å². The van der Waals surface area contributed by atoms with E-state index in [4.69, 9.17) is 19.3 Å². The minimum Gasteiger partial charge on any atom is -0.479 e. The van der Waals surface area contributed by atoms with Gasteiger partial charge in [0.05, 0.1) is 24.8 Å². The molecule has 7 atom stereocenters. The van der Waals surface area contributed by atoms with Crippen LogP contribution in [0.4, 0.5) is 0 Å². The zero-order chi connectivity index (χ0) is 24.9. The smallest absolute Gasteiger partial charge is 0.335 e. The van der Waals surface area contributed by atoms with Crippen LogP contribution < -0.4 is 0 Å². The van der Waals surface area contributed by atoms with E-state index in [1.807, 2.05) is 0 Å². The van der Waals surface area contributed by atoms with Crippen LogP contribution in [0.2, 0.25) is 0 Å². The first-order valence-electron chi connectivity index (χ1n) is 10.3. The van der Waals surface area contributed by atoms with Gasteiger partial charge in [0.15, 0.2) is 12.4 Å². The second-order valence-corrected chi connectivity index (χ2v) is 8.74. The van der Waals surface area contributed by atoms with E-state index in [2.05, 4.69) is 10.3 Å². The van der Waals surface area contributed by atoms with Crippen LogP contribution in [-0.4, -0.2) is 107 Å². The van der Waals surface area contributed by atoms with E-state index in [-0.39, 0.29) is 19.2 Å². The van der Waals surface area contributed by atoms with Crippen LogP contribution >= 0.6 is 0 Å². The summed E-state index contributed by atoms with van der Waals surface area (Å²) in [6, 6.07) is 0. The summed E-state index contributed by atoms with van der Waals surface area (Å²) in [5.41, 5.74) is -0.269. The summed E-state index contributed by atoms with van der Waals surface area (Å²) >= 11 is 0. The summed E-state index contributed by atoms with van der Waals surface area (Å²) in [5.74, 6) is -2.08. The molecule has 1 aromatic rings. The number of aliphatic carboxylic acids is 1. The summed E-state index contributed by atoms with van der Waals surface area (Å²) < 4.78 is 17.2. The van der Waals surface area contributed by atoms with E-state index in [1.165, 1.54) is 10.9 Å². The van der Waals surface area contributed by atoms with Crippen molar-refractivity contribution in [3.05, 3.63) is 11.9 Å². The molecule has 0 saturated carbocycles. The lowest BCUT2D eigenvalue weighted by atomic mass is 9.93. The molecule has 6 N–H and O–H groups in total. The molecule has 14 heteroatoms. The number of aliphatic hydroxyl groups is 5. The second-order valence-electron chi connectivity index (χ2n) is 8.74. The number of hydrogen-bond donors (Lipinski definition) is 6. The molecule has 2 heterocycles. The van der Waals surface area contributed by atoms with Crippen LogP contribution in [0, 0.1) is 5.41 Å². The van der Waals surface area contributed by atoms with Gasteiger partial charge in [0, 0.05) is 13.0 Å². The van der Waals surface area contributed by atoms with Gasteiger partial charge >= 0.3 is 11.9 Å². The summed E-state index contributed by atoms with van der Waals surface area (Å²) in [4.78, 5) is 22.6. The molecule has 1 aliphatic heterocycles. The van der Waals surface area contributed by atoms with Gasteiger partial charge in [0.2, 0.25) is 0 Å². The number of nitrogens with zero attached hydrogens (tertiary/aromatic N) is 3. The molecule has 14 nitrogen and oxygen atoms in total. The first-order chi connectivity index (χ1) is 15.3. The average Bonchev–Trinajstić information content (AvgIpc) is 3.20. The highest BCUT2D eigenvalue weighted by atomic mass is 16.7. The maximum atomic E-state index is 11.7. The number of aryl methyl sites for hydroxylation is 1. The lowest BCUT2D eigenvalue weighted by molar-refractivity contribution is -0.317. The third kappa shape index (κ3) is 7.14. The van der Waals surface area contributed by atoms with Crippen LogP contribution in [0.25, 0.3) is 0 Å². The Labute approximate surface area is 189 Å². The van der Waals surface area contributed by atoms with Crippen molar-refractivity contribution in [3.8, 4) is 0 Å². The molecular weight excluding hydrogens is 446 g/mol. The normalized spacial score (nSPS) is 27.7. The fourth-order valence-electron chi connectivity index (χ4n) is 2.91. The number of ether oxygens (including phenoxy) is 3. The Morgan fingerprint density at radius 2 is 1.85 bits per heavy atom. The minimum absolute atomic E-state index is 0.204. The van der Waals surface area contributed by atoms with Crippen molar-refractivity contribution in [2.45, 2.75) is 83.3 Å². The van der Waals surface area contributed by atoms with Gasteiger partial charge in [0.25, 0.3) is 0 Å². The third-order valence-corrected chi connectivity index (χ3v) is 4.88. The highest BCUT2D eigenvalue weighted by molar-refractivity contribution is 5.75. The van der Waals surface area contributed by atoms with Crippen LogP contribution in [0.3, 0.4) is 0 Å². The SMILES string of the molecule is CC(C)(C)C(=O)OCCCn1cc(CO[C@H]2O[C@H]([C@H](O)[C@@H](O)C(=O)O)[C@@H](O)[C@H](O)[C@@H]2O)nn1. The molecular formula is C19H31N3O11. The molecule has 0 bridgehead atoms. The zero-order valence-corrected chi connectivity index (χ0v) is 18.5. The first-order valence-corrected chi connectivity index (χ1v) is 10.3. The molecule has 0 unspecified atom stereocenters. The number of carboxylic acid groups (broad SMARTS) is 1. The Hall–Kier alpha value is -2.20. The lowest BCUT2D eigenvalue weighted by Crippen LogP contribution is -2.63. The number of esters is 1. The molecule has 1 aliphatic rings. The number of hydrogen-bond acceptors (Lipinski definition) is 12. The average molecular weight is 477 g/mol. The summed E-state index contributed by atoms with van der Waals surface area (Å²) in [6.07, 6.45) is -11.1. The highest BCUT2D eigenvalue weighted by Gasteiger charge is 2.49. The van der Waals surface area contributed by atoms with Crippen molar-refractivity contribution in [1.29, 1.82) is 0 Å². The highest BCUT2D eigenvalue weighted by Crippen LogP contribution is 2.26. The molecule has 1 saturated heterocycles. The molecule has 0 aromatic carbocycles. The van der Waals surface area contributed by atoms with E-state index in [9.17, 15) is 35.1 Å². The van der Waals surface area contributed by atoms with Gasteiger partial charge in [0.1, 0.15) is 36.2 Å². The van der Waals surface area contributed by atoms with Crippen molar-refractivity contribution in [2.75, 3.05) is 6.61 Å². The largest absolute Gasteiger partial charge is 0.479 e. The fourth-order valence-corrected chi connectivity index (χ4v) is 2.91. The number of rotatable bonds is 10. The van der Waals surface area contributed by atoms with Gasteiger partial charge in [-0.25, -0.2) is 4.79 Å². The molecule has 33 heavy (non-hydrogen) atoms. The molecule has 0 radical (unpaired) electrons. The molecule has 2 rings (SSSR count). The van der Waals surface area contributed by atoms with Gasteiger partial charge < -0.3 is 44.8 Å². The van der Waals surface area contributed by atoms with Crippen LogP contribution in [0.1, 0.15) is 32.9 Å². The summed E-state index contributed by atoms with van der Waals surface area (Å²) in [7, 11) is 0. The van der Waals surface area contributed by atoms with Crippen molar-refractivity contribution in [2.24, 2.45) is 5.41 Å². The number of carboxylic acids is 1. The minimum atomic E-state index is -2.30. The molecule has 188 valence electrons. The predicted molar refractivity (Wildman–Crippen MR) is 106 cm³/mol. The van der Waals surface area contributed by atoms with Crippen molar-refractivity contribution < 1.29 is 54.4 Å². The number of carbonyl (C=O) groups is 2. The fraction of sp³-hybridized carbons (Fsp3) is 0.789. The Bertz CT molecular complexity index is 796. The Morgan fingerprint density at radius 1 is 1.18 bits per heavy atom. The maximum absolute atomic E-state index is 11.7. The Balaban J connectivity index is 1.87.